The zero-order chi connectivity index (χ0) is 15.1. The third-order valence-electron chi connectivity index (χ3n) is 3.74. The predicted octanol–water partition coefficient (Wildman–Crippen LogP) is 3.74. The van der Waals surface area contributed by atoms with Gasteiger partial charge >= 0.3 is 6.03 Å². The van der Waals surface area contributed by atoms with Gasteiger partial charge in [0.15, 0.2) is 0 Å². The number of nitrogens with zero attached hydrogens (tertiary/aromatic N) is 3. The fourth-order valence-electron chi connectivity index (χ4n) is 2.74. The molecule has 3 aromatic rings. The number of para-hydroxylation sites is 2. The minimum atomic E-state index is -0.198. The summed E-state index contributed by atoms with van der Waals surface area (Å²) in [5.74, 6) is 0.681. The van der Waals surface area contributed by atoms with Gasteiger partial charge in [0, 0.05) is 23.8 Å². The Morgan fingerprint density at radius 1 is 1.14 bits per heavy atom. The van der Waals surface area contributed by atoms with E-state index in [0.29, 0.717) is 23.2 Å². The van der Waals surface area contributed by atoms with Gasteiger partial charge in [0.05, 0.1) is 11.0 Å². The largest absolute Gasteiger partial charge is 0.328 e. The molecule has 0 spiro atoms. The first-order valence-electron chi connectivity index (χ1n) is 7.02. The molecule has 2 amide bonds. The summed E-state index contributed by atoms with van der Waals surface area (Å²) in [6.07, 6.45) is 0. The molecule has 1 aromatic heterocycles. The Morgan fingerprint density at radius 2 is 2.00 bits per heavy atom. The average Bonchev–Trinajstić information content (AvgIpc) is 3.05. The molecule has 2 heterocycles. The maximum absolute atomic E-state index is 12.5. The van der Waals surface area contributed by atoms with Crippen LogP contribution in [0.1, 0.15) is 0 Å². The Bertz CT molecular complexity index is 873. The van der Waals surface area contributed by atoms with Gasteiger partial charge in [-0.05, 0) is 30.3 Å². The lowest BCUT2D eigenvalue weighted by atomic mass is 10.3. The van der Waals surface area contributed by atoms with Gasteiger partial charge in [-0.25, -0.2) is 9.78 Å². The summed E-state index contributed by atoms with van der Waals surface area (Å²) in [6, 6.07) is 14.8. The van der Waals surface area contributed by atoms with E-state index in [1.54, 1.807) is 23.1 Å². The van der Waals surface area contributed by atoms with Gasteiger partial charge in [0.25, 0.3) is 0 Å². The van der Waals surface area contributed by atoms with Crippen LogP contribution in [0.3, 0.4) is 0 Å². The highest BCUT2D eigenvalue weighted by molar-refractivity contribution is 6.30. The smallest absolute Gasteiger partial charge is 0.308 e. The van der Waals surface area contributed by atoms with Crippen LogP contribution in [0.2, 0.25) is 5.02 Å². The number of benzene rings is 2. The lowest BCUT2D eigenvalue weighted by Crippen LogP contribution is -2.33. The molecule has 1 aliphatic heterocycles. The molecule has 0 bridgehead atoms. The second kappa shape index (κ2) is 5.03. The van der Waals surface area contributed by atoms with E-state index in [1.165, 1.54) is 0 Å². The van der Waals surface area contributed by atoms with Gasteiger partial charge < -0.3 is 9.88 Å². The van der Waals surface area contributed by atoms with Crippen molar-refractivity contribution in [1.82, 2.24) is 9.55 Å². The molecule has 0 saturated heterocycles. The first-order valence-corrected chi connectivity index (χ1v) is 7.39. The zero-order valence-electron chi connectivity index (χ0n) is 11.7. The Balaban J connectivity index is 1.64. The second-order valence-corrected chi connectivity index (χ2v) is 5.58. The monoisotopic (exact) mass is 312 g/mol. The van der Waals surface area contributed by atoms with Gasteiger partial charge in [-0.2, -0.15) is 0 Å². The van der Waals surface area contributed by atoms with Crippen molar-refractivity contribution < 1.29 is 4.79 Å². The molecule has 1 N–H and O–H groups in total. The second-order valence-electron chi connectivity index (χ2n) is 5.14. The van der Waals surface area contributed by atoms with Crippen molar-refractivity contribution in [2.24, 2.45) is 0 Å². The van der Waals surface area contributed by atoms with Crippen LogP contribution in [-0.2, 0) is 6.54 Å². The average molecular weight is 313 g/mol. The van der Waals surface area contributed by atoms with Gasteiger partial charge in [0.1, 0.15) is 0 Å². The van der Waals surface area contributed by atoms with Gasteiger partial charge in [-0.3, -0.25) is 4.90 Å². The summed E-state index contributed by atoms with van der Waals surface area (Å²) >= 11 is 5.94. The first-order chi connectivity index (χ1) is 10.7. The summed E-state index contributed by atoms with van der Waals surface area (Å²) in [7, 11) is 0. The van der Waals surface area contributed by atoms with E-state index in [0.717, 1.165) is 17.6 Å². The molecule has 0 unspecified atom stereocenters. The first kappa shape index (κ1) is 13.2. The fraction of sp³-hybridized carbons (Fsp3) is 0.125. The number of aromatic nitrogens is 2. The topological polar surface area (TPSA) is 50.2 Å². The number of imidazole rings is 1. The molecule has 0 radical (unpaired) electrons. The maximum Gasteiger partial charge on any atom is 0.328 e. The SMILES string of the molecule is O=C(Nc1cccc(Cl)c1)N1CCn2c1nc1ccccc12. The van der Waals surface area contributed by atoms with Crippen molar-refractivity contribution in [3.8, 4) is 0 Å². The van der Waals surface area contributed by atoms with Crippen LogP contribution in [-0.4, -0.2) is 22.1 Å². The van der Waals surface area contributed by atoms with E-state index in [2.05, 4.69) is 14.9 Å². The summed E-state index contributed by atoms with van der Waals surface area (Å²) in [5, 5.41) is 3.45. The minimum absolute atomic E-state index is 0.198. The molecule has 0 saturated carbocycles. The van der Waals surface area contributed by atoms with Crippen molar-refractivity contribution in [3.63, 3.8) is 0 Å². The Hall–Kier alpha value is -2.53. The number of hydrogen-bond donors (Lipinski definition) is 1. The van der Waals surface area contributed by atoms with Crippen molar-refractivity contribution in [2.75, 3.05) is 16.8 Å². The zero-order valence-corrected chi connectivity index (χ0v) is 12.4. The minimum Gasteiger partial charge on any atom is -0.308 e. The number of halogens is 1. The normalized spacial score (nSPS) is 13.4. The van der Waals surface area contributed by atoms with Crippen LogP contribution in [0.25, 0.3) is 11.0 Å². The highest BCUT2D eigenvalue weighted by atomic mass is 35.5. The van der Waals surface area contributed by atoms with Crippen LogP contribution in [0.5, 0.6) is 0 Å². The van der Waals surface area contributed by atoms with Gasteiger partial charge in [0.2, 0.25) is 5.95 Å². The van der Waals surface area contributed by atoms with Crippen molar-refractivity contribution >= 4 is 40.3 Å². The molecule has 4 rings (SSSR count). The molecule has 22 heavy (non-hydrogen) atoms. The number of rotatable bonds is 1. The number of fused-ring (bicyclic) bond motifs is 3. The third kappa shape index (κ3) is 2.10. The molecule has 0 aliphatic carbocycles. The van der Waals surface area contributed by atoms with Gasteiger partial charge in [-0.1, -0.05) is 29.8 Å². The lowest BCUT2D eigenvalue weighted by Gasteiger charge is -2.15. The molecular formula is C16H13ClN4O. The van der Waals surface area contributed by atoms with Crippen molar-refractivity contribution in [2.45, 2.75) is 6.54 Å². The molecule has 110 valence electrons. The van der Waals surface area contributed by atoms with Crippen LogP contribution < -0.4 is 10.2 Å². The standard InChI is InChI=1S/C16H13ClN4O/c17-11-4-3-5-12(10-11)18-16(22)21-9-8-20-14-7-2-1-6-13(14)19-15(20)21/h1-7,10H,8-9H2,(H,18,22). The van der Waals surface area contributed by atoms with Crippen LogP contribution in [0.15, 0.2) is 48.5 Å². The number of anilines is 2. The van der Waals surface area contributed by atoms with Crippen molar-refractivity contribution in [3.05, 3.63) is 53.6 Å². The number of carbonyl (C=O) groups excluding carboxylic acids is 1. The van der Waals surface area contributed by atoms with E-state index in [-0.39, 0.29) is 6.03 Å². The molecular weight excluding hydrogens is 300 g/mol. The highest BCUT2D eigenvalue weighted by Crippen LogP contribution is 2.27. The van der Waals surface area contributed by atoms with Crippen LogP contribution in [0, 0.1) is 0 Å². The summed E-state index contributed by atoms with van der Waals surface area (Å²) in [5.41, 5.74) is 2.63. The summed E-state index contributed by atoms with van der Waals surface area (Å²) < 4.78 is 2.06. The Labute approximate surface area is 132 Å². The van der Waals surface area contributed by atoms with E-state index in [4.69, 9.17) is 11.6 Å². The van der Waals surface area contributed by atoms with Crippen LogP contribution >= 0.6 is 11.6 Å². The van der Waals surface area contributed by atoms with E-state index >= 15 is 0 Å². The predicted molar refractivity (Wildman–Crippen MR) is 87.5 cm³/mol. The molecule has 0 fully saturated rings. The lowest BCUT2D eigenvalue weighted by molar-refractivity contribution is 0.257. The molecule has 5 nitrogen and oxygen atoms in total. The third-order valence-corrected chi connectivity index (χ3v) is 3.98. The maximum atomic E-state index is 12.5. The molecule has 2 aromatic carbocycles. The number of urea groups is 1. The Kier molecular flexibility index (Phi) is 3.01. The quantitative estimate of drug-likeness (QED) is 0.744. The van der Waals surface area contributed by atoms with E-state index in [9.17, 15) is 4.79 Å². The highest BCUT2D eigenvalue weighted by Gasteiger charge is 2.28. The van der Waals surface area contributed by atoms with Crippen LogP contribution in [0.4, 0.5) is 16.4 Å². The van der Waals surface area contributed by atoms with Crippen molar-refractivity contribution in [1.29, 1.82) is 0 Å². The van der Waals surface area contributed by atoms with Gasteiger partial charge in [-0.15, -0.1) is 0 Å². The van der Waals surface area contributed by atoms with E-state index < -0.39 is 0 Å². The Morgan fingerprint density at radius 3 is 2.86 bits per heavy atom. The molecule has 6 heteroatoms. The number of hydrogen-bond acceptors (Lipinski definition) is 2. The molecule has 1 aliphatic rings. The summed E-state index contributed by atoms with van der Waals surface area (Å²) in [4.78, 5) is 18.7. The van der Waals surface area contributed by atoms with E-state index in [1.807, 2.05) is 30.3 Å². The number of amides is 2. The fourth-order valence-corrected chi connectivity index (χ4v) is 2.93. The number of carbonyl (C=O) groups is 1. The molecule has 0 atom stereocenters. The number of nitrogens with one attached hydrogen (secondary N) is 1. The summed E-state index contributed by atoms with van der Waals surface area (Å²) in [6.45, 7) is 1.36.